The van der Waals surface area contributed by atoms with Crippen molar-refractivity contribution < 1.29 is 18.7 Å². The number of fused-ring (bicyclic) bond motifs is 1. The Labute approximate surface area is 154 Å². The number of carbonyl (C=O) groups is 1. The van der Waals surface area contributed by atoms with Gasteiger partial charge in [-0.2, -0.15) is 4.98 Å². The molecule has 2 N–H and O–H groups in total. The lowest BCUT2D eigenvalue weighted by Gasteiger charge is -2.39. The van der Waals surface area contributed by atoms with E-state index in [1.54, 1.807) is 11.8 Å². The van der Waals surface area contributed by atoms with Crippen molar-refractivity contribution in [1.29, 1.82) is 0 Å². The van der Waals surface area contributed by atoms with Gasteiger partial charge >= 0.3 is 0 Å². The molecule has 9 heteroatoms. The molecule has 1 aliphatic heterocycles. The third-order valence-electron chi connectivity index (χ3n) is 4.27. The Morgan fingerprint density at radius 3 is 2.63 bits per heavy atom. The van der Waals surface area contributed by atoms with Crippen molar-refractivity contribution in [2.45, 2.75) is 19.9 Å². The van der Waals surface area contributed by atoms with E-state index in [4.69, 9.17) is 6.42 Å². The molecule has 1 aromatic heterocycles. The van der Waals surface area contributed by atoms with Gasteiger partial charge in [0.25, 0.3) is 0 Å². The quantitative estimate of drug-likeness (QED) is 0.633. The normalized spacial score (nSPS) is 16.1. The second-order valence-corrected chi connectivity index (χ2v) is 5.91. The molecule has 1 aliphatic rings. The van der Waals surface area contributed by atoms with Gasteiger partial charge in [-0.25, -0.2) is 13.8 Å². The third kappa shape index (κ3) is 3.21. The number of halogens is 2. The Kier molecular flexibility index (Phi) is 4.81. The third-order valence-corrected chi connectivity index (χ3v) is 4.27. The first kappa shape index (κ1) is 18.4. The summed E-state index contributed by atoms with van der Waals surface area (Å²) in [6.45, 7) is 4.23. The number of nitrogens with one attached hydrogen (secondary N) is 1. The molecule has 1 atom stereocenters. The van der Waals surface area contributed by atoms with Gasteiger partial charge in [-0.15, -0.1) is 6.42 Å². The Morgan fingerprint density at radius 2 is 2.04 bits per heavy atom. The van der Waals surface area contributed by atoms with Gasteiger partial charge in [0.15, 0.2) is 23.2 Å². The average Bonchev–Trinajstić information content (AvgIpc) is 2.64. The summed E-state index contributed by atoms with van der Waals surface area (Å²) >= 11 is 0. The van der Waals surface area contributed by atoms with E-state index in [0.29, 0.717) is 18.1 Å². The predicted molar refractivity (Wildman–Crippen MR) is 97.0 cm³/mol. The summed E-state index contributed by atoms with van der Waals surface area (Å²) in [5.41, 5.74) is 0.498. The summed E-state index contributed by atoms with van der Waals surface area (Å²) in [5.74, 6) is -0.417. The maximum absolute atomic E-state index is 13.5. The molecule has 1 amide bonds. The number of nitrogens with zero attached hydrogens (tertiary/aromatic N) is 4. The fourth-order valence-corrected chi connectivity index (χ4v) is 2.93. The maximum Gasteiger partial charge on any atom is 0.250 e. The number of hydrogen-bond donors (Lipinski definition) is 2. The van der Waals surface area contributed by atoms with Crippen LogP contribution >= 0.6 is 0 Å². The highest BCUT2D eigenvalue weighted by Crippen LogP contribution is 2.35. The summed E-state index contributed by atoms with van der Waals surface area (Å²) in [4.78, 5) is 24.3. The molecule has 2 heterocycles. The fraction of sp³-hybridized carbons (Fsp3) is 0.278. The smallest absolute Gasteiger partial charge is 0.250 e. The van der Waals surface area contributed by atoms with Crippen LogP contribution in [-0.2, 0) is 4.79 Å². The van der Waals surface area contributed by atoms with E-state index in [1.165, 1.54) is 11.1 Å². The number of phenolic OH excluding ortho intramolecular Hbond substituents is 1. The molecule has 0 spiro atoms. The number of carbonyl (C=O) groups excluding carboxylic acids is 1. The van der Waals surface area contributed by atoms with Crippen LogP contribution in [-0.4, -0.2) is 40.1 Å². The largest absolute Gasteiger partial charge is 0.503 e. The van der Waals surface area contributed by atoms with Crippen LogP contribution < -0.4 is 15.1 Å². The first-order chi connectivity index (χ1) is 12.9. The van der Waals surface area contributed by atoms with Gasteiger partial charge < -0.3 is 15.3 Å². The molecule has 1 aromatic carbocycles. The Morgan fingerprint density at radius 1 is 1.37 bits per heavy atom. The first-order valence-electron chi connectivity index (χ1n) is 8.20. The zero-order chi connectivity index (χ0) is 19.7. The van der Waals surface area contributed by atoms with Crippen molar-refractivity contribution in [2.75, 3.05) is 28.2 Å². The molecular formula is C18H17F2N5O2. The van der Waals surface area contributed by atoms with Gasteiger partial charge in [0.05, 0.1) is 12.7 Å². The van der Waals surface area contributed by atoms with E-state index in [-0.39, 0.29) is 24.1 Å². The molecule has 0 radical (unpaired) electrons. The van der Waals surface area contributed by atoms with E-state index >= 15 is 0 Å². The maximum atomic E-state index is 13.5. The van der Waals surface area contributed by atoms with E-state index < -0.39 is 23.4 Å². The molecule has 0 unspecified atom stereocenters. The minimum atomic E-state index is -1.11. The van der Waals surface area contributed by atoms with Crippen molar-refractivity contribution in [3.8, 4) is 18.1 Å². The average molecular weight is 373 g/mol. The molecular weight excluding hydrogens is 356 g/mol. The topological polar surface area (TPSA) is 81.6 Å². The zero-order valence-electron chi connectivity index (χ0n) is 14.7. The fourth-order valence-electron chi connectivity index (χ4n) is 2.93. The lowest BCUT2D eigenvalue weighted by molar-refractivity contribution is -0.119. The number of rotatable bonds is 4. The molecule has 7 nitrogen and oxygen atoms in total. The number of terminal acetylenes is 1. The Balaban J connectivity index is 2.01. The van der Waals surface area contributed by atoms with Gasteiger partial charge in [0.2, 0.25) is 11.9 Å². The number of likely N-dealkylation sites (N-methyl/N-ethyl adjacent to an activating group) is 1. The summed E-state index contributed by atoms with van der Waals surface area (Å²) in [6, 6.07) is 1.38. The van der Waals surface area contributed by atoms with Crippen LogP contribution in [0.3, 0.4) is 0 Å². The van der Waals surface area contributed by atoms with E-state index in [0.717, 1.165) is 12.1 Å². The Bertz CT molecular complexity index is 921. The minimum Gasteiger partial charge on any atom is -0.503 e. The van der Waals surface area contributed by atoms with Crippen molar-refractivity contribution in [2.24, 2.45) is 0 Å². The van der Waals surface area contributed by atoms with Crippen LogP contribution in [0.1, 0.15) is 13.8 Å². The molecule has 2 aromatic rings. The zero-order valence-corrected chi connectivity index (χ0v) is 14.7. The molecule has 0 saturated heterocycles. The SMILES string of the molecule is C#CCN1C(=O)[C@@H](C)N(CC)c2nc(Nc3cc(F)c(O)c(F)c3)ncc21. The van der Waals surface area contributed by atoms with Crippen molar-refractivity contribution in [1.82, 2.24) is 9.97 Å². The second-order valence-electron chi connectivity index (χ2n) is 5.91. The number of anilines is 4. The lowest BCUT2D eigenvalue weighted by Crippen LogP contribution is -2.52. The van der Waals surface area contributed by atoms with E-state index in [1.807, 2.05) is 6.92 Å². The number of aromatic nitrogens is 2. The summed E-state index contributed by atoms with van der Waals surface area (Å²) in [7, 11) is 0. The van der Waals surface area contributed by atoms with Crippen LogP contribution in [0.5, 0.6) is 5.75 Å². The summed E-state index contributed by atoms with van der Waals surface area (Å²) in [5, 5.41) is 11.9. The number of benzene rings is 1. The molecule has 0 aliphatic carbocycles. The van der Waals surface area contributed by atoms with Crippen molar-refractivity contribution in [3.05, 3.63) is 30.0 Å². The van der Waals surface area contributed by atoms with Gasteiger partial charge in [-0.05, 0) is 13.8 Å². The van der Waals surface area contributed by atoms with E-state index in [9.17, 15) is 18.7 Å². The molecule has 0 fully saturated rings. The highest BCUT2D eigenvalue weighted by atomic mass is 19.1. The molecule has 3 rings (SSSR count). The van der Waals surface area contributed by atoms with Crippen LogP contribution in [0.15, 0.2) is 18.3 Å². The number of amides is 1. The van der Waals surface area contributed by atoms with Crippen LogP contribution in [0, 0.1) is 24.0 Å². The van der Waals surface area contributed by atoms with Crippen LogP contribution in [0.2, 0.25) is 0 Å². The lowest BCUT2D eigenvalue weighted by atomic mass is 10.1. The van der Waals surface area contributed by atoms with Crippen molar-refractivity contribution >= 4 is 29.0 Å². The highest BCUT2D eigenvalue weighted by molar-refractivity contribution is 6.04. The standard InChI is InChI=1S/C18H17F2N5O2/c1-4-6-25-14-9-21-18(22-11-7-12(19)15(26)13(20)8-11)23-16(14)24(5-2)10(3)17(25)27/h1,7-10,26H,5-6H2,2-3H3,(H,21,22,23)/t10-/m1/s1. The van der Waals surface area contributed by atoms with Gasteiger partial charge in [0.1, 0.15) is 11.7 Å². The molecule has 0 saturated carbocycles. The highest BCUT2D eigenvalue weighted by Gasteiger charge is 2.36. The molecule has 140 valence electrons. The van der Waals surface area contributed by atoms with Crippen molar-refractivity contribution in [3.63, 3.8) is 0 Å². The predicted octanol–water partition coefficient (Wildman–Crippen LogP) is 2.40. The number of hydrogen-bond acceptors (Lipinski definition) is 6. The van der Waals surface area contributed by atoms with Crippen LogP contribution in [0.25, 0.3) is 0 Å². The van der Waals surface area contributed by atoms with Crippen LogP contribution in [0.4, 0.5) is 31.9 Å². The summed E-state index contributed by atoms with van der Waals surface area (Å²) < 4.78 is 27.0. The van der Waals surface area contributed by atoms with Gasteiger partial charge in [0, 0.05) is 24.4 Å². The number of phenols is 1. The first-order valence-corrected chi connectivity index (χ1v) is 8.20. The monoisotopic (exact) mass is 373 g/mol. The van der Waals surface area contributed by atoms with Gasteiger partial charge in [-0.3, -0.25) is 9.69 Å². The van der Waals surface area contributed by atoms with E-state index in [2.05, 4.69) is 21.2 Å². The molecule has 0 bridgehead atoms. The minimum absolute atomic E-state index is 0.0335. The molecule has 27 heavy (non-hydrogen) atoms. The number of aromatic hydroxyl groups is 1. The van der Waals surface area contributed by atoms with Gasteiger partial charge in [-0.1, -0.05) is 5.92 Å². The summed E-state index contributed by atoms with van der Waals surface area (Å²) in [6.07, 6.45) is 6.79. The Hall–Kier alpha value is -3.41. The second kappa shape index (κ2) is 7.07.